The van der Waals surface area contributed by atoms with Crippen LogP contribution in [-0.2, 0) is 0 Å². The summed E-state index contributed by atoms with van der Waals surface area (Å²) in [6.07, 6.45) is 1.89. The Morgan fingerprint density at radius 2 is 1.93 bits per heavy atom. The lowest BCUT2D eigenvalue weighted by molar-refractivity contribution is 0.627. The summed E-state index contributed by atoms with van der Waals surface area (Å²) in [7, 11) is 0. The highest BCUT2D eigenvalue weighted by Crippen LogP contribution is 2.35. The zero-order valence-corrected chi connectivity index (χ0v) is 16.9. The van der Waals surface area contributed by atoms with Crippen LogP contribution in [0.4, 0.5) is 4.39 Å². The highest BCUT2D eigenvalue weighted by Gasteiger charge is 2.12. The molecule has 0 saturated heterocycles. The molecule has 0 spiro atoms. The largest absolute Gasteiger partial charge is 0.318 e. The van der Waals surface area contributed by atoms with E-state index in [4.69, 9.17) is 0 Å². The first-order valence-electron chi connectivity index (χ1n) is 8.65. The Morgan fingerprint density at radius 1 is 1.18 bits per heavy atom. The first-order chi connectivity index (χ1) is 13.5. The van der Waals surface area contributed by atoms with Gasteiger partial charge in [0.15, 0.2) is 4.34 Å². The second-order valence-corrected chi connectivity index (χ2v) is 8.63. The molecule has 0 saturated carbocycles. The van der Waals surface area contributed by atoms with Crippen molar-refractivity contribution in [3.63, 3.8) is 0 Å². The average molecular weight is 406 g/mol. The lowest BCUT2D eigenvalue weighted by Gasteiger charge is -2.09. The number of thiazole rings is 1. The van der Waals surface area contributed by atoms with Crippen molar-refractivity contribution in [3.8, 4) is 11.8 Å². The number of halogens is 1. The van der Waals surface area contributed by atoms with E-state index in [0.717, 1.165) is 37.2 Å². The highest BCUT2D eigenvalue weighted by atomic mass is 32.2. The van der Waals surface area contributed by atoms with Crippen molar-refractivity contribution in [1.29, 1.82) is 5.26 Å². The Labute approximate surface area is 170 Å². The molecule has 0 unspecified atom stereocenters. The number of fused-ring (bicyclic) bond motifs is 1. The molecule has 0 amide bonds. The predicted octanol–water partition coefficient (Wildman–Crippen LogP) is 6.50. The van der Waals surface area contributed by atoms with E-state index < -0.39 is 0 Å². The van der Waals surface area contributed by atoms with Crippen LogP contribution in [0.25, 0.3) is 22.0 Å². The number of allylic oxidation sites excluding steroid dienone is 1. The summed E-state index contributed by atoms with van der Waals surface area (Å²) in [5, 5.41) is 9.63. The number of thioether (sulfide) groups is 1. The normalized spacial score (nSPS) is 11.7. The van der Waals surface area contributed by atoms with Gasteiger partial charge in [-0.25, -0.2) is 9.37 Å². The zero-order valence-electron chi connectivity index (χ0n) is 15.3. The lowest BCUT2D eigenvalue weighted by atomic mass is 10.2. The molecular formula is C22H16FN3S2. The third kappa shape index (κ3) is 3.59. The van der Waals surface area contributed by atoms with Crippen LogP contribution in [-0.4, -0.2) is 9.55 Å². The molecule has 28 heavy (non-hydrogen) atoms. The van der Waals surface area contributed by atoms with Crippen LogP contribution in [0.5, 0.6) is 0 Å². The van der Waals surface area contributed by atoms with E-state index in [1.54, 1.807) is 23.5 Å². The van der Waals surface area contributed by atoms with Crippen molar-refractivity contribution in [3.05, 3.63) is 82.3 Å². The second-order valence-electron chi connectivity index (χ2n) is 6.31. The van der Waals surface area contributed by atoms with Gasteiger partial charge in [0, 0.05) is 17.1 Å². The Balaban J connectivity index is 1.67. The number of hydrogen-bond donors (Lipinski definition) is 0. The predicted molar refractivity (Wildman–Crippen MR) is 114 cm³/mol. The molecule has 2 aromatic heterocycles. The van der Waals surface area contributed by atoms with Gasteiger partial charge >= 0.3 is 0 Å². The number of hydrogen-bond acceptors (Lipinski definition) is 4. The standard InChI is InChI=1S/C22H16FN3S2/c1-14-11-16(15(2)26(14)18-9-7-17(23)8-10-18)12-19(13-24)27-22-25-20-5-3-4-6-21(20)28-22/h3-12H,1-2H3. The summed E-state index contributed by atoms with van der Waals surface area (Å²) >= 11 is 2.96. The van der Waals surface area contributed by atoms with E-state index in [-0.39, 0.29) is 5.82 Å². The van der Waals surface area contributed by atoms with E-state index in [9.17, 15) is 9.65 Å². The number of aryl methyl sites for hydroxylation is 1. The fourth-order valence-electron chi connectivity index (χ4n) is 3.14. The minimum Gasteiger partial charge on any atom is -0.318 e. The molecular weight excluding hydrogens is 389 g/mol. The van der Waals surface area contributed by atoms with E-state index in [0.29, 0.717) is 4.91 Å². The summed E-state index contributed by atoms with van der Waals surface area (Å²) < 4.78 is 17.3. The van der Waals surface area contributed by atoms with Crippen molar-refractivity contribution < 1.29 is 4.39 Å². The van der Waals surface area contributed by atoms with E-state index in [1.165, 1.54) is 23.9 Å². The molecule has 0 fully saturated rings. The van der Waals surface area contributed by atoms with Gasteiger partial charge in [0.2, 0.25) is 0 Å². The number of benzene rings is 2. The maximum absolute atomic E-state index is 13.2. The summed E-state index contributed by atoms with van der Waals surface area (Å²) in [6.45, 7) is 4.00. The Hall–Kier alpha value is -2.88. The molecule has 0 aliphatic heterocycles. The molecule has 2 heterocycles. The number of aromatic nitrogens is 2. The third-order valence-electron chi connectivity index (χ3n) is 4.42. The monoisotopic (exact) mass is 405 g/mol. The van der Waals surface area contributed by atoms with Gasteiger partial charge < -0.3 is 4.57 Å². The Bertz CT molecular complexity index is 1190. The van der Waals surface area contributed by atoms with Crippen molar-refractivity contribution in [2.24, 2.45) is 0 Å². The van der Waals surface area contributed by atoms with Crippen LogP contribution in [0.2, 0.25) is 0 Å². The number of rotatable bonds is 4. The molecule has 6 heteroatoms. The number of nitrogens with zero attached hydrogens (tertiary/aromatic N) is 3. The van der Waals surface area contributed by atoms with Crippen molar-refractivity contribution >= 4 is 39.4 Å². The summed E-state index contributed by atoms with van der Waals surface area (Å²) in [4.78, 5) is 5.17. The minimum atomic E-state index is -0.259. The maximum Gasteiger partial charge on any atom is 0.156 e. The maximum atomic E-state index is 13.2. The highest BCUT2D eigenvalue weighted by molar-refractivity contribution is 8.05. The van der Waals surface area contributed by atoms with Crippen LogP contribution in [0.1, 0.15) is 17.0 Å². The molecule has 0 aliphatic rings. The first kappa shape index (κ1) is 18.5. The van der Waals surface area contributed by atoms with Gasteiger partial charge in [-0.15, -0.1) is 11.3 Å². The van der Waals surface area contributed by atoms with E-state index in [1.807, 2.05) is 50.3 Å². The van der Waals surface area contributed by atoms with E-state index in [2.05, 4.69) is 15.6 Å². The smallest absolute Gasteiger partial charge is 0.156 e. The summed E-state index contributed by atoms with van der Waals surface area (Å²) in [5.41, 5.74) is 4.83. The minimum absolute atomic E-state index is 0.259. The summed E-state index contributed by atoms with van der Waals surface area (Å²) in [6, 6.07) is 18.7. The van der Waals surface area contributed by atoms with Gasteiger partial charge in [-0.3, -0.25) is 0 Å². The van der Waals surface area contributed by atoms with Gasteiger partial charge in [-0.1, -0.05) is 12.1 Å². The van der Waals surface area contributed by atoms with Crippen LogP contribution >= 0.6 is 23.1 Å². The molecule has 4 rings (SSSR count). The van der Waals surface area contributed by atoms with Gasteiger partial charge in [0.25, 0.3) is 0 Å². The second kappa shape index (κ2) is 7.63. The molecule has 4 aromatic rings. The number of para-hydroxylation sites is 1. The quantitative estimate of drug-likeness (QED) is 0.287. The topological polar surface area (TPSA) is 41.6 Å². The SMILES string of the molecule is Cc1cc(C=C(C#N)Sc2nc3ccccc3s2)c(C)n1-c1ccc(F)cc1. The fourth-order valence-corrected chi connectivity index (χ4v) is 5.10. The molecule has 2 aromatic carbocycles. The zero-order chi connectivity index (χ0) is 19.7. The third-order valence-corrected chi connectivity index (χ3v) is 6.45. The van der Waals surface area contributed by atoms with Gasteiger partial charge in [-0.05, 0) is 79.7 Å². The fraction of sp³-hybridized carbons (Fsp3) is 0.0909. The Morgan fingerprint density at radius 3 is 2.64 bits per heavy atom. The van der Waals surface area contributed by atoms with Crippen LogP contribution in [0, 0.1) is 31.0 Å². The van der Waals surface area contributed by atoms with Gasteiger partial charge in [0.05, 0.1) is 15.1 Å². The number of nitriles is 1. The Kier molecular flexibility index (Phi) is 5.03. The molecule has 0 atom stereocenters. The van der Waals surface area contributed by atoms with E-state index >= 15 is 0 Å². The van der Waals surface area contributed by atoms with Gasteiger partial charge in [0.1, 0.15) is 11.9 Å². The van der Waals surface area contributed by atoms with Crippen molar-refractivity contribution in [2.75, 3.05) is 0 Å². The van der Waals surface area contributed by atoms with Gasteiger partial charge in [-0.2, -0.15) is 5.26 Å². The van der Waals surface area contributed by atoms with Crippen LogP contribution in [0.3, 0.4) is 0 Å². The molecule has 3 nitrogen and oxygen atoms in total. The molecule has 0 radical (unpaired) electrons. The van der Waals surface area contributed by atoms with Crippen LogP contribution in [0.15, 0.2) is 63.8 Å². The molecule has 0 N–H and O–H groups in total. The van der Waals surface area contributed by atoms with Crippen LogP contribution < -0.4 is 0 Å². The molecule has 0 bridgehead atoms. The molecule has 138 valence electrons. The first-order valence-corrected chi connectivity index (χ1v) is 10.3. The van der Waals surface area contributed by atoms with Crippen molar-refractivity contribution in [1.82, 2.24) is 9.55 Å². The molecule has 0 aliphatic carbocycles. The van der Waals surface area contributed by atoms with Crippen molar-refractivity contribution in [2.45, 2.75) is 18.2 Å². The average Bonchev–Trinajstić information content (AvgIpc) is 3.22. The summed E-state index contributed by atoms with van der Waals surface area (Å²) in [5.74, 6) is -0.259. The lowest BCUT2D eigenvalue weighted by Crippen LogP contribution is -1.99.